The summed E-state index contributed by atoms with van der Waals surface area (Å²) in [6.07, 6.45) is 3.76. The van der Waals surface area contributed by atoms with Crippen molar-refractivity contribution in [2.75, 3.05) is 13.1 Å². The zero-order valence-electron chi connectivity index (χ0n) is 11.5. The number of carbonyl (C=O) groups excluding carboxylic acids is 1. The number of hydrogen-bond donors (Lipinski definition) is 0. The highest BCUT2D eigenvalue weighted by Gasteiger charge is 2.39. The van der Waals surface area contributed by atoms with E-state index in [1.54, 1.807) is 0 Å². The maximum Gasteiger partial charge on any atom is 0.410 e. The van der Waals surface area contributed by atoms with Crippen LogP contribution in [0.3, 0.4) is 0 Å². The third kappa shape index (κ3) is 2.93. The lowest BCUT2D eigenvalue weighted by Gasteiger charge is -2.46. The van der Waals surface area contributed by atoms with Crippen LogP contribution in [-0.2, 0) is 4.74 Å². The molecule has 2 rings (SSSR count). The lowest BCUT2D eigenvalue weighted by Crippen LogP contribution is -2.51. The average Bonchev–Trinajstić information content (AvgIpc) is 2.13. The first-order chi connectivity index (χ1) is 7.87. The normalized spacial score (nSPS) is 33.4. The molecule has 0 N–H and O–H groups in total. The van der Waals surface area contributed by atoms with Crippen molar-refractivity contribution in [3.63, 3.8) is 0 Å². The van der Waals surface area contributed by atoms with Gasteiger partial charge in [0.1, 0.15) is 5.60 Å². The van der Waals surface area contributed by atoms with E-state index in [1.165, 1.54) is 19.3 Å². The lowest BCUT2D eigenvalue weighted by molar-refractivity contribution is -0.0118. The van der Waals surface area contributed by atoms with Gasteiger partial charge in [0, 0.05) is 13.1 Å². The summed E-state index contributed by atoms with van der Waals surface area (Å²) in [6, 6.07) is 0. The monoisotopic (exact) mass is 239 g/mol. The van der Waals surface area contributed by atoms with E-state index in [4.69, 9.17) is 4.74 Å². The summed E-state index contributed by atoms with van der Waals surface area (Å²) in [6.45, 7) is 9.93. The van der Waals surface area contributed by atoms with E-state index in [-0.39, 0.29) is 11.7 Å². The SMILES string of the molecule is CC1C2CCCC1CN(C(=O)OC(C)(C)C)C2. The molecule has 2 atom stereocenters. The van der Waals surface area contributed by atoms with E-state index in [1.807, 2.05) is 25.7 Å². The van der Waals surface area contributed by atoms with Crippen molar-refractivity contribution in [3.05, 3.63) is 0 Å². The van der Waals surface area contributed by atoms with E-state index >= 15 is 0 Å². The van der Waals surface area contributed by atoms with Crippen LogP contribution in [0.2, 0.25) is 0 Å². The molecule has 0 spiro atoms. The first kappa shape index (κ1) is 12.7. The van der Waals surface area contributed by atoms with Gasteiger partial charge in [-0.2, -0.15) is 0 Å². The molecule has 1 aliphatic carbocycles. The van der Waals surface area contributed by atoms with Crippen LogP contribution in [0.5, 0.6) is 0 Å². The van der Waals surface area contributed by atoms with Gasteiger partial charge in [-0.15, -0.1) is 0 Å². The van der Waals surface area contributed by atoms with Gasteiger partial charge < -0.3 is 9.64 Å². The van der Waals surface area contributed by atoms with Gasteiger partial charge in [0.2, 0.25) is 0 Å². The quantitative estimate of drug-likeness (QED) is 0.649. The predicted molar refractivity (Wildman–Crippen MR) is 67.8 cm³/mol. The van der Waals surface area contributed by atoms with Crippen molar-refractivity contribution in [1.29, 1.82) is 0 Å². The standard InChI is InChI=1S/C14H25NO2/c1-10-11-6-5-7-12(10)9-15(8-11)13(16)17-14(2,3)4/h10-12H,5-9H2,1-4H3. The minimum absolute atomic E-state index is 0.124. The van der Waals surface area contributed by atoms with Gasteiger partial charge >= 0.3 is 6.09 Å². The summed E-state index contributed by atoms with van der Waals surface area (Å²) >= 11 is 0. The highest BCUT2D eigenvalue weighted by atomic mass is 16.6. The molecule has 2 fully saturated rings. The third-order valence-electron chi connectivity index (χ3n) is 4.20. The van der Waals surface area contributed by atoms with Crippen LogP contribution in [-0.4, -0.2) is 29.7 Å². The molecule has 1 saturated heterocycles. The van der Waals surface area contributed by atoms with Gasteiger partial charge in [-0.05, 0) is 51.4 Å². The molecule has 98 valence electrons. The number of piperidine rings is 1. The second kappa shape index (κ2) is 4.51. The second-order valence-electron chi connectivity index (χ2n) is 6.70. The number of fused-ring (bicyclic) bond motifs is 2. The minimum atomic E-state index is -0.380. The molecule has 3 heteroatoms. The Morgan fingerprint density at radius 1 is 1.18 bits per heavy atom. The second-order valence-corrected chi connectivity index (χ2v) is 6.70. The first-order valence-corrected chi connectivity index (χ1v) is 6.85. The highest BCUT2D eigenvalue weighted by Crippen LogP contribution is 2.39. The molecule has 0 aromatic rings. The molecular formula is C14H25NO2. The molecule has 1 amide bonds. The molecule has 0 radical (unpaired) electrons. The van der Waals surface area contributed by atoms with Gasteiger partial charge in [0.15, 0.2) is 0 Å². The van der Waals surface area contributed by atoms with Crippen LogP contribution in [0, 0.1) is 17.8 Å². The summed E-state index contributed by atoms with van der Waals surface area (Å²) in [5.41, 5.74) is -0.380. The summed E-state index contributed by atoms with van der Waals surface area (Å²) in [5.74, 6) is 2.16. The Kier molecular flexibility index (Phi) is 3.37. The maximum absolute atomic E-state index is 12.1. The Bertz CT molecular complexity index is 281. The predicted octanol–water partition coefficient (Wildman–Crippen LogP) is 3.29. The van der Waals surface area contributed by atoms with Crippen molar-refractivity contribution >= 4 is 6.09 Å². The maximum atomic E-state index is 12.1. The van der Waals surface area contributed by atoms with Gasteiger partial charge in [-0.3, -0.25) is 0 Å². The molecule has 3 nitrogen and oxygen atoms in total. The Morgan fingerprint density at radius 2 is 1.71 bits per heavy atom. The topological polar surface area (TPSA) is 29.5 Å². The van der Waals surface area contributed by atoms with Crippen molar-refractivity contribution < 1.29 is 9.53 Å². The van der Waals surface area contributed by atoms with Gasteiger partial charge in [0.05, 0.1) is 0 Å². The fraction of sp³-hybridized carbons (Fsp3) is 0.929. The van der Waals surface area contributed by atoms with E-state index in [0.29, 0.717) is 11.8 Å². The number of ether oxygens (including phenoxy) is 1. The Labute approximate surface area is 105 Å². The molecule has 0 aromatic heterocycles. The fourth-order valence-corrected chi connectivity index (χ4v) is 3.18. The van der Waals surface area contributed by atoms with Crippen LogP contribution in [0.1, 0.15) is 47.0 Å². The number of nitrogens with zero attached hydrogens (tertiary/aromatic N) is 1. The first-order valence-electron chi connectivity index (χ1n) is 6.85. The molecule has 17 heavy (non-hydrogen) atoms. The zero-order chi connectivity index (χ0) is 12.6. The summed E-state index contributed by atoms with van der Waals surface area (Å²) in [5, 5.41) is 0. The van der Waals surface area contributed by atoms with Crippen LogP contribution >= 0.6 is 0 Å². The van der Waals surface area contributed by atoms with Crippen molar-refractivity contribution in [2.24, 2.45) is 17.8 Å². The smallest absolute Gasteiger partial charge is 0.410 e. The molecular weight excluding hydrogens is 214 g/mol. The van der Waals surface area contributed by atoms with Gasteiger partial charge in [-0.25, -0.2) is 4.79 Å². The number of hydrogen-bond acceptors (Lipinski definition) is 2. The van der Waals surface area contributed by atoms with Gasteiger partial charge in [-0.1, -0.05) is 13.3 Å². The van der Waals surface area contributed by atoms with Crippen LogP contribution in [0.4, 0.5) is 4.79 Å². The van der Waals surface area contributed by atoms with Crippen molar-refractivity contribution in [3.8, 4) is 0 Å². The number of likely N-dealkylation sites (tertiary alicyclic amines) is 1. The summed E-state index contributed by atoms with van der Waals surface area (Å²) in [4.78, 5) is 14.0. The molecule has 1 heterocycles. The lowest BCUT2D eigenvalue weighted by atomic mass is 9.70. The molecule has 2 aliphatic rings. The molecule has 2 unspecified atom stereocenters. The van der Waals surface area contributed by atoms with E-state index in [9.17, 15) is 4.79 Å². The zero-order valence-corrected chi connectivity index (χ0v) is 11.5. The fourth-order valence-electron chi connectivity index (χ4n) is 3.18. The number of rotatable bonds is 0. The average molecular weight is 239 g/mol. The van der Waals surface area contributed by atoms with Crippen molar-refractivity contribution in [2.45, 2.75) is 52.6 Å². The van der Waals surface area contributed by atoms with E-state index < -0.39 is 0 Å². The molecule has 0 aromatic carbocycles. The summed E-state index contributed by atoms with van der Waals surface area (Å²) < 4.78 is 5.46. The Hall–Kier alpha value is -0.730. The molecule has 2 bridgehead atoms. The van der Waals surface area contributed by atoms with Gasteiger partial charge in [0.25, 0.3) is 0 Å². The number of carbonyl (C=O) groups is 1. The van der Waals surface area contributed by atoms with E-state index in [2.05, 4.69) is 6.92 Å². The largest absolute Gasteiger partial charge is 0.444 e. The van der Waals surface area contributed by atoms with Crippen LogP contribution in [0.25, 0.3) is 0 Å². The van der Waals surface area contributed by atoms with Crippen LogP contribution in [0.15, 0.2) is 0 Å². The summed E-state index contributed by atoms with van der Waals surface area (Å²) in [7, 11) is 0. The van der Waals surface area contributed by atoms with Crippen molar-refractivity contribution in [1.82, 2.24) is 4.90 Å². The number of amides is 1. The molecule has 1 saturated carbocycles. The Balaban J connectivity index is 1.97. The minimum Gasteiger partial charge on any atom is -0.444 e. The van der Waals surface area contributed by atoms with E-state index in [0.717, 1.165) is 19.0 Å². The third-order valence-corrected chi connectivity index (χ3v) is 4.20. The van der Waals surface area contributed by atoms with Crippen LogP contribution < -0.4 is 0 Å². The molecule has 1 aliphatic heterocycles. The highest BCUT2D eigenvalue weighted by molar-refractivity contribution is 5.68. The Morgan fingerprint density at radius 3 is 2.18 bits per heavy atom.